The zero-order chi connectivity index (χ0) is 19.2. The number of aromatic nitrogens is 1. The summed E-state index contributed by atoms with van der Waals surface area (Å²) in [6.45, 7) is 6.23. The molecule has 0 unspecified atom stereocenters. The van der Waals surface area contributed by atoms with Gasteiger partial charge in [0, 0.05) is 30.7 Å². The summed E-state index contributed by atoms with van der Waals surface area (Å²) >= 11 is 0. The second-order valence-electron chi connectivity index (χ2n) is 6.11. The van der Waals surface area contributed by atoms with E-state index in [-0.39, 0.29) is 5.56 Å². The minimum atomic E-state index is -0.937. The van der Waals surface area contributed by atoms with Gasteiger partial charge in [0.2, 0.25) is 0 Å². The monoisotopic (exact) mass is 361 g/mol. The van der Waals surface area contributed by atoms with Crippen molar-refractivity contribution < 1.29 is 9.90 Å². The lowest BCUT2D eigenvalue weighted by molar-refractivity contribution is 0.0697. The number of hydrogen-bond acceptors (Lipinski definition) is 3. The molecule has 3 aromatic rings. The largest absolute Gasteiger partial charge is 0.478 e. The van der Waals surface area contributed by atoms with Crippen LogP contribution in [0.5, 0.6) is 0 Å². The van der Waals surface area contributed by atoms with Gasteiger partial charge in [-0.1, -0.05) is 6.07 Å². The Kier molecular flexibility index (Phi) is 5.71. The van der Waals surface area contributed by atoms with Crippen LogP contribution in [-0.2, 0) is 0 Å². The number of rotatable bonds is 7. The maximum atomic E-state index is 11.2. The molecule has 0 aliphatic rings. The van der Waals surface area contributed by atoms with Crippen molar-refractivity contribution in [3.05, 3.63) is 78.1 Å². The molecule has 5 heteroatoms. The second-order valence-corrected chi connectivity index (χ2v) is 6.11. The molecule has 0 saturated carbocycles. The average Bonchev–Trinajstić information content (AvgIpc) is 3.17. The third kappa shape index (κ3) is 4.26. The highest BCUT2D eigenvalue weighted by Crippen LogP contribution is 2.20. The van der Waals surface area contributed by atoms with Crippen molar-refractivity contribution in [1.29, 1.82) is 0 Å². The third-order valence-electron chi connectivity index (χ3n) is 4.48. The van der Waals surface area contributed by atoms with E-state index in [1.54, 1.807) is 24.4 Å². The molecule has 0 aliphatic heterocycles. The van der Waals surface area contributed by atoms with Crippen molar-refractivity contribution in [2.24, 2.45) is 4.99 Å². The van der Waals surface area contributed by atoms with E-state index < -0.39 is 5.97 Å². The van der Waals surface area contributed by atoms with Gasteiger partial charge in [0.25, 0.3) is 0 Å². The van der Waals surface area contributed by atoms with Crippen LogP contribution in [0.15, 0.2) is 71.9 Å². The van der Waals surface area contributed by atoms with Crippen LogP contribution >= 0.6 is 0 Å². The van der Waals surface area contributed by atoms with E-state index in [1.807, 2.05) is 41.1 Å². The summed E-state index contributed by atoms with van der Waals surface area (Å²) < 4.78 is 1.92. The number of aliphatic imine (C=N–C) groups is 1. The summed E-state index contributed by atoms with van der Waals surface area (Å²) in [6, 6.07) is 18.9. The minimum Gasteiger partial charge on any atom is -0.478 e. The molecule has 0 bridgehead atoms. The number of benzene rings is 2. The molecule has 0 amide bonds. The molecule has 0 atom stereocenters. The zero-order valence-corrected chi connectivity index (χ0v) is 15.5. The van der Waals surface area contributed by atoms with Gasteiger partial charge in [0.1, 0.15) is 0 Å². The van der Waals surface area contributed by atoms with Gasteiger partial charge < -0.3 is 14.6 Å². The number of carboxylic acid groups (broad SMARTS) is 1. The van der Waals surface area contributed by atoms with E-state index in [0.717, 1.165) is 30.2 Å². The summed E-state index contributed by atoms with van der Waals surface area (Å²) in [4.78, 5) is 18.0. The first-order valence-corrected chi connectivity index (χ1v) is 9.02. The predicted molar refractivity (Wildman–Crippen MR) is 110 cm³/mol. The normalized spacial score (nSPS) is 11.0. The van der Waals surface area contributed by atoms with Crippen molar-refractivity contribution in [2.45, 2.75) is 13.8 Å². The van der Waals surface area contributed by atoms with Crippen LogP contribution in [0, 0.1) is 0 Å². The van der Waals surface area contributed by atoms with Gasteiger partial charge in [0.15, 0.2) is 0 Å². The van der Waals surface area contributed by atoms with Crippen LogP contribution in [-0.4, -0.2) is 34.9 Å². The summed E-state index contributed by atoms with van der Waals surface area (Å²) in [7, 11) is 0. The first-order chi connectivity index (χ1) is 13.1. The zero-order valence-electron chi connectivity index (χ0n) is 15.5. The standard InChI is InChI=1S/C22H23N3O2/c1-3-24(4-2)19-12-10-18(11-13-19)23-16-21-9-6-14-25(21)20-8-5-7-17(15-20)22(26)27/h5-16H,3-4H2,1-2H3,(H,26,27). The number of carbonyl (C=O) groups is 1. The number of anilines is 1. The van der Waals surface area contributed by atoms with Gasteiger partial charge in [-0.3, -0.25) is 4.99 Å². The lowest BCUT2D eigenvalue weighted by Crippen LogP contribution is -2.21. The predicted octanol–water partition coefficient (Wildman–Crippen LogP) is 4.77. The fourth-order valence-corrected chi connectivity index (χ4v) is 3.00. The fourth-order valence-electron chi connectivity index (χ4n) is 3.00. The Morgan fingerprint density at radius 3 is 2.48 bits per heavy atom. The van der Waals surface area contributed by atoms with Crippen LogP contribution in [0.4, 0.5) is 11.4 Å². The summed E-state index contributed by atoms with van der Waals surface area (Å²) in [5, 5.41) is 9.19. The molecule has 0 fully saturated rings. The molecule has 1 N–H and O–H groups in total. The maximum Gasteiger partial charge on any atom is 0.335 e. The topological polar surface area (TPSA) is 57.8 Å². The van der Waals surface area contributed by atoms with Gasteiger partial charge in [-0.2, -0.15) is 0 Å². The molecule has 1 aromatic heterocycles. The van der Waals surface area contributed by atoms with E-state index in [1.165, 1.54) is 5.69 Å². The molecular weight excluding hydrogens is 338 g/mol. The van der Waals surface area contributed by atoms with E-state index in [2.05, 4.69) is 35.9 Å². The lowest BCUT2D eigenvalue weighted by Gasteiger charge is -2.20. The number of nitrogens with zero attached hydrogens (tertiary/aromatic N) is 3. The Morgan fingerprint density at radius 1 is 1.07 bits per heavy atom. The second kappa shape index (κ2) is 8.36. The van der Waals surface area contributed by atoms with Gasteiger partial charge in [-0.25, -0.2) is 4.79 Å². The minimum absolute atomic E-state index is 0.260. The number of hydrogen-bond donors (Lipinski definition) is 1. The highest BCUT2D eigenvalue weighted by Gasteiger charge is 2.06. The number of aromatic carboxylic acids is 1. The van der Waals surface area contributed by atoms with Crippen molar-refractivity contribution >= 4 is 23.6 Å². The van der Waals surface area contributed by atoms with Gasteiger partial charge in [0.05, 0.1) is 23.2 Å². The molecule has 0 aliphatic carbocycles. The Hall–Kier alpha value is -3.34. The Morgan fingerprint density at radius 2 is 1.81 bits per heavy atom. The van der Waals surface area contributed by atoms with Gasteiger partial charge >= 0.3 is 5.97 Å². The molecule has 2 aromatic carbocycles. The summed E-state index contributed by atoms with van der Waals surface area (Å²) in [6.07, 6.45) is 3.69. The lowest BCUT2D eigenvalue weighted by atomic mass is 10.2. The Balaban J connectivity index is 1.82. The van der Waals surface area contributed by atoms with E-state index >= 15 is 0 Å². The first kappa shape index (κ1) is 18.5. The molecule has 1 heterocycles. The van der Waals surface area contributed by atoms with Crippen LogP contribution < -0.4 is 4.90 Å². The van der Waals surface area contributed by atoms with Crippen LogP contribution in [0.3, 0.4) is 0 Å². The highest BCUT2D eigenvalue weighted by molar-refractivity contribution is 5.88. The Bertz CT molecular complexity index is 938. The molecular formula is C22H23N3O2. The number of carboxylic acids is 1. The first-order valence-electron chi connectivity index (χ1n) is 9.02. The maximum absolute atomic E-state index is 11.2. The molecule has 3 rings (SSSR count). The van der Waals surface area contributed by atoms with Crippen molar-refractivity contribution in [3.8, 4) is 5.69 Å². The highest BCUT2D eigenvalue weighted by atomic mass is 16.4. The van der Waals surface area contributed by atoms with Crippen LogP contribution in [0.25, 0.3) is 5.69 Å². The fraction of sp³-hybridized carbons (Fsp3) is 0.182. The summed E-state index contributed by atoms with van der Waals surface area (Å²) in [5.74, 6) is -0.937. The van der Waals surface area contributed by atoms with Crippen molar-refractivity contribution in [3.63, 3.8) is 0 Å². The average molecular weight is 361 g/mol. The molecule has 0 spiro atoms. The molecule has 0 radical (unpaired) electrons. The quantitative estimate of drug-likeness (QED) is 0.617. The van der Waals surface area contributed by atoms with Crippen LogP contribution in [0.1, 0.15) is 29.9 Å². The molecule has 5 nitrogen and oxygen atoms in total. The smallest absolute Gasteiger partial charge is 0.335 e. The SMILES string of the molecule is CCN(CC)c1ccc(N=Cc2cccn2-c2cccc(C(=O)O)c2)cc1. The Labute approximate surface area is 159 Å². The van der Waals surface area contributed by atoms with Crippen molar-refractivity contribution in [2.75, 3.05) is 18.0 Å². The van der Waals surface area contributed by atoms with E-state index in [0.29, 0.717) is 0 Å². The summed E-state index contributed by atoms with van der Waals surface area (Å²) in [5.41, 5.74) is 3.99. The molecule has 27 heavy (non-hydrogen) atoms. The van der Waals surface area contributed by atoms with Crippen molar-refractivity contribution in [1.82, 2.24) is 4.57 Å². The van der Waals surface area contributed by atoms with Crippen LogP contribution in [0.2, 0.25) is 0 Å². The molecule has 0 saturated heterocycles. The van der Waals surface area contributed by atoms with Gasteiger partial charge in [-0.05, 0) is 68.4 Å². The van der Waals surface area contributed by atoms with E-state index in [9.17, 15) is 9.90 Å². The van der Waals surface area contributed by atoms with Gasteiger partial charge in [-0.15, -0.1) is 0 Å². The third-order valence-corrected chi connectivity index (χ3v) is 4.48. The molecule has 138 valence electrons. The van der Waals surface area contributed by atoms with E-state index in [4.69, 9.17) is 0 Å².